The number of nitro groups is 1. The Bertz CT molecular complexity index is 1220. The van der Waals surface area contributed by atoms with Crippen LogP contribution in [-0.2, 0) is 11.3 Å². The lowest BCUT2D eigenvalue weighted by Gasteiger charge is -2.07. The number of benzene rings is 2. The minimum Gasteiger partial charge on any atom is -0.423 e. The Balaban J connectivity index is 1.61. The number of hydrogen-bond acceptors (Lipinski definition) is 7. The largest absolute Gasteiger partial charge is 0.423 e. The van der Waals surface area contributed by atoms with Crippen molar-refractivity contribution in [1.29, 1.82) is 0 Å². The van der Waals surface area contributed by atoms with Crippen molar-refractivity contribution >= 4 is 23.8 Å². The summed E-state index contributed by atoms with van der Waals surface area (Å²) in [5, 5.41) is 19.0. The number of carbonyl (C=O) groups excluding carboxylic acids is 2. The molecule has 164 valence electrons. The van der Waals surface area contributed by atoms with Gasteiger partial charge in [-0.3, -0.25) is 19.6 Å². The Morgan fingerprint density at radius 3 is 2.62 bits per heavy atom. The molecule has 3 aromatic rings. The molecule has 0 radical (unpaired) electrons. The van der Waals surface area contributed by atoms with Crippen LogP contribution in [0, 0.1) is 30.9 Å². The number of nitrogens with one attached hydrogen (secondary N) is 1. The fourth-order valence-corrected chi connectivity index (χ4v) is 3.08. The van der Waals surface area contributed by atoms with Gasteiger partial charge >= 0.3 is 11.7 Å². The van der Waals surface area contributed by atoms with Crippen LogP contribution in [-0.4, -0.2) is 32.8 Å². The van der Waals surface area contributed by atoms with Crippen LogP contribution < -0.4 is 10.2 Å². The number of hydrazone groups is 1. The van der Waals surface area contributed by atoms with E-state index in [9.17, 15) is 19.7 Å². The van der Waals surface area contributed by atoms with Gasteiger partial charge in [0.1, 0.15) is 23.7 Å². The number of aromatic nitrogens is 2. The molecule has 1 amide bonds. The standard InChI is InChI=1S/C22H21N5O5/c1-14-7-4-5-10-19(14)22(29)32-18-9-6-8-17(11-18)12-23-24-20(28)13-26-16(3)21(27(30)31)15(2)25-26/h4-12H,13H2,1-3H3,(H,24,28)/b23-12+. The third-order valence-electron chi connectivity index (χ3n) is 4.66. The van der Waals surface area contributed by atoms with Crippen molar-refractivity contribution in [3.05, 3.63) is 86.7 Å². The predicted molar refractivity (Wildman–Crippen MR) is 117 cm³/mol. The molecule has 0 aliphatic heterocycles. The van der Waals surface area contributed by atoms with E-state index in [2.05, 4.69) is 15.6 Å². The Hall–Kier alpha value is -4.34. The van der Waals surface area contributed by atoms with Crippen molar-refractivity contribution in [2.75, 3.05) is 0 Å². The van der Waals surface area contributed by atoms with E-state index in [4.69, 9.17) is 4.74 Å². The van der Waals surface area contributed by atoms with Crippen LogP contribution in [0.5, 0.6) is 5.75 Å². The summed E-state index contributed by atoms with van der Waals surface area (Å²) in [6.45, 7) is 4.65. The van der Waals surface area contributed by atoms with Gasteiger partial charge < -0.3 is 4.74 Å². The normalized spacial score (nSPS) is 10.8. The molecule has 1 aromatic heterocycles. The van der Waals surface area contributed by atoms with Crippen LogP contribution >= 0.6 is 0 Å². The number of amides is 1. The summed E-state index contributed by atoms with van der Waals surface area (Å²) in [5.74, 6) is -0.628. The maximum absolute atomic E-state index is 12.4. The van der Waals surface area contributed by atoms with Crippen LogP contribution in [0.3, 0.4) is 0 Å². The van der Waals surface area contributed by atoms with Gasteiger partial charge in [-0.1, -0.05) is 30.3 Å². The topological polar surface area (TPSA) is 129 Å². The van der Waals surface area contributed by atoms with Crippen LogP contribution in [0.25, 0.3) is 0 Å². The quantitative estimate of drug-likeness (QED) is 0.200. The lowest BCUT2D eigenvalue weighted by molar-refractivity contribution is -0.386. The molecule has 0 spiro atoms. The van der Waals surface area contributed by atoms with Crippen molar-refractivity contribution in [2.45, 2.75) is 27.3 Å². The van der Waals surface area contributed by atoms with Gasteiger partial charge in [0.05, 0.1) is 16.7 Å². The van der Waals surface area contributed by atoms with Gasteiger partial charge in [-0.2, -0.15) is 10.2 Å². The molecule has 0 unspecified atom stereocenters. The number of hydrogen-bond donors (Lipinski definition) is 1. The second kappa shape index (κ2) is 9.65. The van der Waals surface area contributed by atoms with Gasteiger partial charge in [0.15, 0.2) is 0 Å². The summed E-state index contributed by atoms with van der Waals surface area (Å²) in [6, 6.07) is 13.8. The van der Waals surface area contributed by atoms with Gasteiger partial charge in [-0.15, -0.1) is 0 Å². The molecule has 0 aliphatic carbocycles. The molecule has 10 nitrogen and oxygen atoms in total. The lowest BCUT2D eigenvalue weighted by atomic mass is 10.1. The van der Waals surface area contributed by atoms with Crippen molar-refractivity contribution in [3.8, 4) is 5.75 Å². The van der Waals surface area contributed by atoms with Gasteiger partial charge in [0.2, 0.25) is 0 Å². The number of nitrogens with zero attached hydrogens (tertiary/aromatic N) is 4. The smallest absolute Gasteiger partial charge is 0.343 e. The molecule has 0 aliphatic rings. The van der Waals surface area contributed by atoms with Gasteiger partial charge in [-0.05, 0) is 50.1 Å². The van der Waals surface area contributed by atoms with E-state index >= 15 is 0 Å². The average molecular weight is 435 g/mol. The van der Waals surface area contributed by atoms with E-state index in [1.54, 1.807) is 36.4 Å². The summed E-state index contributed by atoms with van der Waals surface area (Å²) in [5.41, 5.74) is 4.65. The Labute approximate surface area is 183 Å². The zero-order valence-corrected chi connectivity index (χ0v) is 17.7. The maximum atomic E-state index is 12.4. The summed E-state index contributed by atoms with van der Waals surface area (Å²) in [6.07, 6.45) is 1.40. The highest BCUT2D eigenvalue weighted by molar-refractivity contribution is 5.92. The van der Waals surface area contributed by atoms with E-state index in [1.807, 2.05) is 19.1 Å². The fourth-order valence-electron chi connectivity index (χ4n) is 3.08. The summed E-state index contributed by atoms with van der Waals surface area (Å²) in [4.78, 5) is 35.0. The number of ether oxygens (including phenoxy) is 1. The first-order valence-electron chi connectivity index (χ1n) is 9.64. The average Bonchev–Trinajstić information content (AvgIpc) is 3.01. The molecular weight excluding hydrogens is 414 g/mol. The van der Waals surface area contributed by atoms with Gasteiger partial charge in [-0.25, -0.2) is 10.2 Å². The lowest BCUT2D eigenvalue weighted by Crippen LogP contribution is -2.24. The zero-order valence-electron chi connectivity index (χ0n) is 17.7. The Morgan fingerprint density at radius 1 is 1.19 bits per heavy atom. The molecule has 0 atom stereocenters. The molecule has 3 rings (SSSR count). The summed E-state index contributed by atoms with van der Waals surface area (Å²) >= 11 is 0. The summed E-state index contributed by atoms with van der Waals surface area (Å²) < 4.78 is 6.67. The van der Waals surface area contributed by atoms with E-state index in [0.29, 0.717) is 16.9 Å². The predicted octanol–water partition coefficient (Wildman–Crippen LogP) is 3.09. The first kappa shape index (κ1) is 22.3. The molecule has 0 fully saturated rings. The van der Waals surface area contributed by atoms with Crippen molar-refractivity contribution in [1.82, 2.24) is 15.2 Å². The van der Waals surface area contributed by atoms with Crippen LogP contribution in [0.1, 0.15) is 32.9 Å². The molecule has 0 saturated heterocycles. The van der Waals surface area contributed by atoms with Crippen molar-refractivity contribution < 1.29 is 19.2 Å². The minimum absolute atomic E-state index is 0.113. The number of aryl methyl sites for hydroxylation is 2. The molecule has 32 heavy (non-hydrogen) atoms. The SMILES string of the molecule is Cc1ccccc1C(=O)Oc1cccc(/C=N/NC(=O)Cn2nc(C)c([N+](=O)[O-])c2C)c1. The second-order valence-electron chi connectivity index (χ2n) is 7.00. The monoisotopic (exact) mass is 435 g/mol. The molecule has 1 heterocycles. The second-order valence-corrected chi connectivity index (χ2v) is 7.00. The maximum Gasteiger partial charge on any atom is 0.343 e. The van der Waals surface area contributed by atoms with Crippen molar-refractivity contribution in [2.24, 2.45) is 5.10 Å². The minimum atomic E-state index is -0.525. The third-order valence-corrected chi connectivity index (χ3v) is 4.66. The van der Waals surface area contributed by atoms with Crippen LogP contribution in [0.2, 0.25) is 0 Å². The Morgan fingerprint density at radius 2 is 1.94 bits per heavy atom. The third kappa shape index (κ3) is 5.22. The number of rotatable bonds is 7. The van der Waals surface area contributed by atoms with Crippen LogP contribution in [0.15, 0.2) is 53.6 Å². The molecule has 0 bridgehead atoms. The number of esters is 1. The van der Waals surface area contributed by atoms with Crippen LogP contribution in [0.4, 0.5) is 5.69 Å². The molecule has 10 heteroatoms. The van der Waals surface area contributed by atoms with Gasteiger partial charge in [0, 0.05) is 0 Å². The Kier molecular flexibility index (Phi) is 6.74. The molecule has 1 N–H and O–H groups in total. The highest BCUT2D eigenvalue weighted by atomic mass is 16.6. The zero-order chi connectivity index (χ0) is 23.3. The van der Waals surface area contributed by atoms with E-state index in [0.717, 1.165) is 5.56 Å². The summed E-state index contributed by atoms with van der Waals surface area (Å²) in [7, 11) is 0. The molecule has 2 aromatic carbocycles. The highest BCUT2D eigenvalue weighted by Crippen LogP contribution is 2.21. The van der Waals surface area contributed by atoms with Gasteiger partial charge in [0.25, 0.3) is 5.91 Å². The first-order chi connectivity index (χ1) is 15.3. The van der Waals surface area contributed by atoms with Crippen molar-refractivity contribution in [3.63, 3.8) is 0 Å². The molecule has 0 saturated carbocycles. The highest BCUT2D eigenvalue weighted by Gasteiger charge is 2.22. The van der Waals surface area contributed by atoms with E-state index in [1.165, 1.54) is 24.7 Å². The van der Waals surface area contributed by atoms with E-state index in [-0.39, 0.29) is 23.6 Å². The fraction of sp³-hybridized carbons (Fsp3) is 0.182. The van der Waals surface area contributed by atoms with E-state index < -0.39 is 16.8 Å². The molecular formula is C22H21N5O5. The first-order valence-corrected chi connectivity index (χ1v) is 9.64. The number of carbonyl (C=O) groups is 2.